The van der Waals surface area contributed by atoms with Crippen molar-refractivity contribution >= 4 is 23.0 Å². The lowest BCUT2D eigenvalue weighted by atomic mass is 10.00. The second-order valence-corrected chi connectivity index (χ2v) is 5.06. The second kappa shape index (κ2) is 6.19. The molecule has 134 valence electrons. The lowest BCUT2D eigenvalue weighted by Gasteiger charge is -2.17. The molecule has 0 spiro atoms. The van der Waals surface area contributed by atoms with Gasteiger partial charge in [0.05, 0.1) is 16.7 Å². The molecule has 0 fully saturated rings. The first-order chi connectivity index (χ1) is 11.4. The zero-order chi connectivity index (χ0) is 19.0. The molecular formula is C15H11F6N3O. The van der Waals surface area contributed by atoms with Gasteiger partial charge in [0.25, 0.3) is 5.91 Å². The average molecular weight is 363 g/mol. The first kappa shape index (κ1) is 18.4. The largest absolute Gasteiger partial charge is 0.418 e. The maximum atomic E-state index is 13.1. The number of nitrogens with one attached hydrogen (secondary N) is 1. The van der Waals surface area contributed by atoms with Gasteiger partial charge in [-0.15, -0.1) is 0 Å². The first-order valence-corrected chi connectivity index (χ1v) is 6.64. The molecule has 1 amide bonds. The summed E-state index contributed by atoms with van der Waals surface area (Å²) in [6.07, 6.45) is -10.1. The van der Waals surface area contributed by atoms with E-state index in [0.717, 1.165) is 0 Å². The van der Waals surface area contributed by atoms with E-state index < -0.39 is 40.6 Å². The van der Waals surface area contributed by atoms with Crippen molar-refractivity contribution < 1.29 is 31.1 Å². The van der Waals surface area contributed by atoms with Crippen LogP contribution in [0.2, 0.25) is 0 Å². The Kier molecular flexibility index (Phi) is 4.56. The Morgan fingerprint density at radius 1 is 0.840 bits per heavy atom. The van der Waals surface area contributed by atoms with Crippen LogP contribution in [0.5, 0.6) is 0 Å². The minimum absolute atomic E-state index is 0.0673. The molecule has 0 aliphatic rings. The number of nitrogens with two attached hydrogens (primary N) is 2. The van der Waals surface area contributed by atoms with E-state index in [2.05, 4.69) is 5.32 Å². The van der Waals surface area contributed by atoms with Crippen LogP contribution in [0.3, 0.4) is 0 Å². The fourth-order valence-electron chi connectivity index (χ4n) is 2.05. The number of halogens is 6. The average Bonchev–Trinajstić information content (AvgIpc) is 2.47. The zero-order valence-electron chi connectivity index (χ0n) is 12.3. The molecule has 0 atom stereocenters. The van der Waals surface area contributed by atoms with Crippen molar-refractivity contribution in [3.05, 3.63) is 53.1 Å². The summed E-state index contributed by atoms with van der Waals surface area (Å²) in [7, 11) is 0. The smallest absolute Gasteiger partial charge is 0.399 e. The summed E-state index contributed by atoms with van der Waals surface area (Å²) in [5.41, 5.74) is 5.51. The van der Waals surface area contributed by atoms with Gasteiger partial charge < -0.3 is 16.8 Å². The molecule has 0 unspecified atom stereocenters. The van der Waals surface area contributed by atoms with Crippen LogP contribution in [-0.4, -0.2) is 5.91 Å². The Bertz CT molecular complexity index is 797. The van der Waals surface area contributed by atoms with Gasteiger partial charge in [-0.25, -0.2) is 0 Å². The van der Waals surface area contributed by atoms with Gasteiger partial charge in [-0.3, -0.25) is 4.79 Å². The fraction of sp³-hybridized carbons (Fsp3) is 0.133. The molecule has 0 aliphatic carbocycles. The maximum Gasteiger partial charge on any atom is 0.418 e. The molecule has 2 rings (SSSR count). The normalized spacial score (nSPS) is 12.1. The second-order valence-electron chi connectivity index (χ2n) is 5.06. The van der Waals surface area contributed by atoms with Gasteiger partial charge in [-0.2, -0.15) is 26.3 Å². The molecule has 4 nitrogen and oxygen atoms in total. The number of carbonyl (C=O) groups excluding carboxylic acids is 1. The molecule has 0 heterocycles. The minimum Gasteiger partial charge on any atom is -0.399 e. The third-order valence-electron chi connectivity index (χ3n) is 3.21. The number of hydrogen-bond donors (Lipinski definition) is 3. The highest BCUT2D eigenvalue weighted by Gasteiger charge is 2.40. The molecule has 0 aromatic heterocycles. The number of benzene rings is 2. The predicted octanol–water partition coefficient (Wildman–Crippen LogP) is 4.14. The zero-order valence-corrected chi connectivity index (χ0v) is 12.3. The molecule has 10 heteroatoms. The summed E-state index contributed by atoms with van der Waals surface area (Å²) in [6.45, 7) is 0. The molecule has 0 radical (unpaired) electrons. The quantitative estimate of drug-likeness (QED) is 0.554. The van der Waals surface area contributed by atoms with E-state index in [-0.39, 0.29) is 17.8 Å². The molecule has 5 N–H and O–H groups in total. The Balaban J connectivity index is 2.52. The number of alkyl halides is 6. The van der Waals surface area contributed by atoms with Gasteiger partial charge >= 0.3 is 12.4 Å². The van der Waals surface area contributed by atoms with Gasteiger partial charge in [-0.05, 0) is 36.4 Å². The van der Waals surface area contributed by atoms with E-state index in [9.17, 15) is 31.1 Å². The lowest BCUT2D eigenvalue weighted by Crippen LogP contribution is -2.21. The standard InChI is InChI=1S/C15H11F6N3O/c16-14(17,18)10-6-12(23)11(15(19,20)21)5-9(10)13(25)24-8-3-1-7(22)2-4-8/h1-6H,22-23H2,(H,24,25). The summed E-state index contributed by atoms with van der Waals surface area (Å²) < 4.78 is 77.9. The van der Waals surface area contributed by atoms with Crippen LogP contribution < -0.4 is 16.8 Å². The number of carbonyl (C=O) groups is 1. The minimum atomic E-state index is -5.06. The van der Waals surface area contributed by atoms with Crippen LogP contribution in [0, 0.1) is 0 Å². The highest BCUT2D eigenvalue weighted by atomic mass is 19.4. The first-order valence-electron chi connectivity index (χ1n) is 6.64. The third kappa shape index (κ3) is 4.14. The summed E-state index contributed by atoms with van der Waals surface area (Å²) >= 11 is 0. The van der Waals surface area contributed by atoms with Crippen LogP contribution in [0.15, 0.2) is 36.4 Å². The summed E-state index contributed by atoms with van der Waals surface area (Å²) in [5.74, 6) is -1.36. The van der Waals surface area contributed by atoms with Gasteiger partial charge in [-0.1, -0.05) is 0 Å². The van der Waals surface area contributed by atoms with Crippen LogP contribution in [0.1, 0.15) is 21.5 Å². The van der Waals surface area contributed by atoms with Crippen LogP contribution in [-0.2, 0) is 12.4 Å². The van der Waals surface area contributed by atoms with E-state index in [1.165, 1.54) is 24.3 Å². The van der Waals surface area contributed by atoms with Gasteiger partial charge in [0.1, 0.15) is 0 Å². The van der Waals surface area contributed by atoms with Crippen LogP contribution in [0.4, 0.5) is 43.4 Å². The van der Waals surface area contributed by atoms with Crippen LogP contribution >= 0.6 is 0 Å². The molecule has 2 aromatic rings. The van der Waals surface area contributed by atoms with Crippen molar-refractivity contribution in [2.24, 2.45) is 0 Å². The Hall–Kier alpha value is -2.91. The van der Waals surface area contributed by atoms with Gasteiger partial charge in [0.2, 0.25) is 0 Å². The number of amides is 1. The molecular weight excluding hydrogens is 352 g/mol. The van der Waals surface area contributed by atoms with E-state index in [1.807, 2.05) is 0 Å². The van der Waals surface area contributed by atoms with Gasteiger partial charge in [0, 0.05) is 17.1 Å². The Morgan fingerprint density at radius 3 is 1.84 bits per heavy atom. The van der Waals surface area contributed by atoms with Crippen molar-refractivity contribution in [2.45, 2.75) is 12.4 Å². The van der Waals surface area contributed by atoms with Crippen LogP contribution in [0.25, 0.3) is 0 Å². The number of hydrogen-bond acceptors (Lipinski definition) is 3. The molecule has 0 bridgehead atoms. The highest BCUT2D eigenvalue weighted by molar-refractivity contribution is 6.06. The summed E-state index contributed by atoms with van der Waals surface area (Å²) in [5, 5.41) is 2.09. The maximum absolute atomic E-state index is 13.1. The van der Waals surface area contributed by atoms with E-state index in [1.54, 1.807) is 0 Å². The Labute approximate surface area is 137 Å². The summed E-state index contributed by atoms with van der Waals surface area (Å²) in [6, 6.07) is 5.51. The number of nitrogen functional groups attached to an aromatic ring is 2. The molecule has 0 aliphatic heterocycles. The van der Waals surface area contributed by atoms with Crippen molar-refractivity contribution in [1.29, 1.82) is 0 Å². The monoisotopic (exact) mass is 363 g/mol. The molecule has 25 heavy (non-hydrogen) atoms. The predicted molar refractivity (Wildman–Crippen MR) is 79.7 cm³/mol. The molecule has 0 saturated heterocycles. The lowest BCUT2D eigenvalue weighted by molar-refractivity contribution is -0.141. The Morgan fingerprint density at radius 2 is 1.36 bits per heavy atom. The van der Waals surface area contributed by atoms with Crippen molar-refractivity contribution in [3.8, 4) is 0 Å². The number of rotatable bonds is 2. The van der Waals surface area contributed by atoms with Crippen molar-refractivity contribution in [3.63, 3.8) is 0 Å². The van der Waals surface area contributed by atoms with E-state index in [0.29, 0.717) is 5.69 Å². The van der Waals surface area contributed by atoms with E-state index >= 15 is 0 Å². The topological polar surface area (TPSA) is 81.1 Å². The SMILES string of the molecule is Nc1ccc(NC(=O)c2cc(C(F)(F)F)c(N)cc2C(F)(F)F)cc1. The van der Waals surface area contributed by atoms with Crippen molar-refractivity contribution in [2.75, 3.05) is 16.8 Å². The van der Waals surface area contributed by atoms with Gasteiger partial charge in [0.15, 0.2) is 0 Å². The molecule has 2 aromatic carbocycles. The van der Waals surface area contributed by atoms with E-state index in [4.69, 9.17) is 11.5 Å². The molecule has 0 saturated carbocycles. The van der Waals surface area contributed by atoms with Crippen molar-refractivity contribution in [1.82, 2.24) is 0 Å². The highest BCUT2D eigenvalue weighted by Crippen LogP contribution is 2.40. The number of anilines is 3. The third-order valence-corrected chi connectivity index (χ3v) is 3.21. The fourth-order valence-corrected chi connectivity index (χ4v) is 2.05. The summed E-state index contributed by atoms with van der Waals surface area (Å²) in [4.78, 5) is 12.1.